The van der Waals surface area contributed by atoms with Gasteiger partial charge in [-0.15, -0.1) is 0 Å². The van der Waals surface area contributed by atoms with Crippen molar-refractivity contribution < 1.29 is 9.21 Å². The second-order valence-corrected chi connectivity index (χ2v) is 6.14. The van der Waals surface area contributed by atoms with Crippen molar-refractivity contribution in [1.82, 2.24) is 19.6 Å². The molecular weight excluding hydrogens is 280 g/mol. The van der Waals surface area contributed by atoms with E-state index in [2.05, 4.69) is 10.00 Å². The molecule has 0 aromatic carbocycles. The average Bonchev–Trinajstić information content (AvgIpc) is 3.23. The van der Waals surface area contributed by atoms with E-state index in [0.717, 1.165) is 44.1 Å². The molecule has 2 aliphatic rings. The van der Waals surface area contributed by atoms with Gasteiger partial charge in [0, 0.05) is 38.7 Å². The summed E-state index contributed by atoms with van der Waals surface area (Å²) >= 11 is 0. The highest BCUT2D eigenvalue weighted by Crippen LogP contribution is 2.28. The predicted molar refractivity (Wildman–Crippen MR) is 79.5 cm³/mol. The Labute approximate surface area is 129 Å². The van der Waals surface area contributed by atoms with Crippen molar-refractivity contribution in [3.05, 3.63) is 41.1 Å². The fourth-order valence-electron chi connectivity index (χ4n) is 3.45. The first-order chi connectivity index (χ1) is 10.7. The third kappa shape index (κ3) is 2.33. The quantitative estimate of drug-likeness (QED) is 0.861. The molecule has 0 aliphatic carbocycles. The zero-order valence-corrected chi connectivity index (χ0v) is 12.8. The third-order valence-corrected chi connectivity index (χ3v) is 4.58. The highest BCUT2D eigenvalue weighted by Gasteiger charge is 2.29. The van der Waals surface area contributed by atoms with E-state index in [4.69, 9.17) is 4.42 Å². The van der Waals surface area contributed by atoms with Crippen LogP contribution in [-0.4, -0.2) is 32.0 Å². The molecule has 2 aliphatic heterocycles. The molecule has 0 bridgehead atoms. The number of nitrogens with zero attached hydrogens (tertiary/aromatic N) is 4. The summed E-state index contributed by atoms with van der Waals surface area (Å²) in [7, 11) is 1.99. The standard InChI is InChI=1S/C16H20N4O2/c1-18-15-11-19(8-12-4-3-7-22-12)9-13(15)14(17-18)10-20-6-2-5-16(20)21/h3-4,7H,2,5-6,8-11H2,1H3. The van der Waals surface area contributed by atoms with Gasteiger partial charge in [0.2, 0.25) is 5.91 Å². The molecule has 0 unspecified atom stereocenters. The van der Waals surface area contributed by atoms with Crippen LogP contribution in [-0.2, 0) is 38.0 Å². The fourth-order valence-corrected chi connectivity index (χ4v) is 3.45. The summed E-state index contributed by atoms with van der Waals surface area (Å²) in [5, 5.41) is 4.63. The van der Waals surface area contributed by atoms with Crippen LogP contribution in [0.5, 0.6) is 0 Å². The van der Waals surface area contributed by atoms with Crippen LogP contribution < -0.4 is 0 Å². The van der Waals surface area contributed by atoms with E-state index in [0.29, 0.717) is 13.0 Å². The summed E-state index contributed by atoms with van der Waals surface area (Å²) in [6, 6.07) is 3.93. The number of aryl methyl sites for hydroxylation is 1. The topological polar surface area (TPSA) is 54.5 Å². The molecule has 0 N–H and O–H groups in total. The van der Waals surface area contributed by atoms with Crippen molar-refractivity contribution in [2.24, 2.45) is 7.05 Å². The number of amides is 1. The van der Waals surface area contributed by atoms with Gasteiger partial charge in [-0.1, -0.05) is 0 Å². The number of furan rings is 1. The van der Waals surface area contributed by atoms with E-state index in [9.17, 15) is 4.79 Å². The van der Waals surface area contributed by atoms with Gasteiger partial charge in [0.15, 0.2) is 0 Å². The molecular formula is C16H20N4O2. The first-order valence-electron chi connectivity index (χ1n) is 7.77. The van der Waals surface area contributed by atoms with Gasteiger partial charge >= 0.3 is 0 Å². The minimum atomic E-state index is 0.254. The number of aromatic nitrogens is 2. The predicted octanol–water partition coefficient (Wildman–Crippen LogP) is 1.65. The Hall–Kier alpha value is -2.08. The monoisotopic (exact) mass is 300 g/mol. The number of carbonyl (C=O) groups is 1. The maximum Gasteiger partial charge on any atom is 0.222 e. The van der Waals surface area contributed by atoms with Crippen LogP contribution in [0.3, 0.4) is 0 Å². The van der Waals surface area contributed by atoms with Crippen molar-refractivity contribution in [2.45, 2.75) is 39.0 Å². The lowest BCUT2D eigenvalue weighted by Gasteiger charge is -2.16. The fraction of sp³-hybridized carbons (Fsp3) is 0.500. The summed E-state index contributed by atoms with van der Waals surface area (Å²) in [6.07, 6.45) is 3.36. The molecule has 4 rings (SSSR count). The molecule has 4 heterocycles. The number of hydrogen-bond acceptors (Lipinski definition) is 4. The van der Waals surface area contributed by atoms with Crippen LogP contribution in [0.25, 0.3) is 0 Å². The molecule has 1 amide bonds. The summed E-state index contributed by atoms with van der Waals surface area (Å²) in [5.41, 5.74) is 3.59. The van der Waals surface area contributed by atoms with Crippen LogP contribution in [0, 0.1) is 0 Å². The van der Waals surface area contributed by atoms with Crippen LogP contribution in [0.15, 0.2) is 22.8 Å². The minimum Gasteiger partial charge on any atom is -0.468 e. The maximum absolute atomic E-state index is 11.8. The van der Waals surface area contributed by atoms with Crippen LogP contribution >= 0.6 is 0 Å². The van der Waals surface area contributed by atoms with Gasteiger partial charge in [0.1, 0.15) is 5.76 Å². The molecule has 0 spiro atoms. The van der Waals surface area contributed by atoms with Crippen molar-refractivity contribution in [2.75, 3.05) is 6.54 Å². The van der Waals surface area contributed by atoms with E-state index in [-0.39, 0.29) is 5.91 Å². The highest BCUT2D eigenvalue weighted by molar-refractivity contribution is 5.78. The molecule has 6 nitrogen and oxygen atoms in total. The Balaban J connectivity index is 1.50. The van der Waals surface area contributed by atoms with E-state index in [1.165, 1.54) is 11.3 Å². The maximum atomic E-state index is 11.8. The Morgan fingerprint density at radius 1 is 1.32 bits per heavy atom. The van der Waals surface area contributed by atoms with E-state index >= 15 is 0 Å². The highest BCUT2D eigenvalue weighted by atomic mass is 16.3. The lowest BCUT2D eigenvalue weighted by molar-refractivity contribution is -0.128. The summed E-state index contributed by atoms with van der Waals surface area (Å²) in [4.78, 5) is 16.1. The first kappa shape index (κ1) is 13.6. The molecule has 0 saturated carbocycles. The molecule has 2 aromatic heterocycles. The Kier molecular flexibility index (Phi) is 3.26. The zero-order valence-electron chi connectivity index (χ0n) is 12.8. The van der Waals surface area contributed by atoms with E-state index in [1.54, 1.807) is 6.26 Å². The van der Waals surface area contributed by atoms with Gasteiger partial charge in [-0.2, -0.15) is 5.10 Å². The molecule has 1 fully saturated rings. The van der Waals surface area contributed by atoms with Gasteiger partial charge in [0.25, 0.3) is 0 Å². The molecule has 0 radical (unpaired) electrons. The molecule has 6 heteroatoms. The van der Waals surface area contributed by atoms with Crippen molar-refractivity contribution in [3.63, 3.8) is 0 Å². The van der Waals surface area contributed by atoms with E-state index < -0.39 is 0 Å². The van der Waals surface area contributed by atoms with Crippen molar-refractivity contribution in [1.29, 1.82) is 0 Å². The molecule has 2 aromatic rings. The Morgan fingerprint density at radius 2 is 2.23 bits per heavy atom. The van der Waals surface area contributed by atoms with Crippen molar-refractivity contribution >= 4 is 5.91 Å². The third-order valence-electron chi connectivity index (χ3n) is 4.58. The van der Waals surface area contributed by atoms with Gasteiger partial charge in [0.05, 0.1) is 30.7 Å². The summed E-state index contributed by atoms with van der Waals surface area (Å²) in [6.45, 7) is 4.08. The molecule has 22 heavy (non-hydrogen) atoms. The molecule has 0 atom stereocenters. The number of hydrogen-bond donors (Lipinski definition) is 0. The lowest BCUT2D eigenvalue weighted by Crippen LogP contribution is -2.25. The van der Waals surface area contributed by atoms with Crippen LogP contribution in [0.1, 0.15) is 35.6 Å². The van der Waals surface area contributed by atoms with Gasteiger partial charge in [-0.25, -0.2) is 0 Å². The van der Waals surface area contributed by atoms with Gasteiger partial charge in [-0.3, -0.25) is 14.4 Å². The minimum absolute atomic E-state index is 0.254. The molecule has 116 valence electrons. The Morgan fingerprint density at radius 3 is 2.95 bits per heavy atom. The second kappa shape index (κ2) is 5.28. The second-order valence-electron chi connectivity index (χ2n) is 6.14. The zero-order chi connectivity index (χ0) is 15.1. The summed E-state index contributed by atoms with van der Waals surface area (Å²) in [5.74, 6) is 1.24. The first-order valence-corrected chi connectivity index (χ1v) is 7.77. The lowest BCUT2D eigenvalue weighted by atomic mass is 10.2. The SMILES string of the molecule is Cn1nc(CN2CCCC2=O)c2c1CN(Cc1ccco1)C2. The number of fused-ring (bicyclic) bond motifs is 1. The largest absolute Gasteiger partial charge is 0.468 e. The number of rotatable bonds is 4. The van der Waals surface area contributed by atoms with Crippen molar-refractivity contribution in [3.8, 4) is 0 Å². The van der Waals surface area contributed by atoms with Crippen LogP contribution in [0.2, 0.25) is 0 Å². The number of likely N-dealkylation sites (tertiary alicyclic amines) is 1. The summed E-state index contributed by atoms with van der Waals surface area (Å²) < 4.78 is 7.40. The normalized spacial score (nSPS) is 18.4. The average molecular weight is 300 g/mol. The smallest absolute Gasteiger partial charge is 0.222 e. The Bertz CT molecular complexity index is 689. The molecule has 1 saturated heterocycles. The number of carbonyl (C=O) groups excluding carboxylic acids is 1. The van der Waals surface area contributed by atoms with E-state index in [1.807, 2.05) is 28.8 Å². The van der Waals surface area contributed by atoms with Gasteiger partial charge < -0.3 is 9.32 Å². The van der Waals surface area contributed by atoms with Crippen LogP contribution in [0.4, 0.5) is 0 Å². The van der Waals surface area contributed by atoms with Gasteiger partial charge in [-0.05, 0) is 18.6 Å².